The zero-order valence-electron chi connectivity index (χ0n) is 12.9. The van der Waals surface area contributed by atoms with Gasteiger partial charge in [-0.15, -0.1) is 0 Å². The van der Waals surface area contributed by atoms with Gasteiger partial charge in [0.05, 0.1) is 12.9 Å². The average Bonchev–Trinajstić information content (AvgIpc) is 3.27. The van der Waals surface area contributed by atoms with Gasteiger partial charge in [-0.05, 0) is 12.8 Å². The van der Waals surface area contributed by atoms with Crippen LogP contribution >= 0.6 is 0 Å². The molecule has 2 aliphatic rings. The molecule has 0 radical (unpaired) electrons. The van der Waals surface area contributed by atoms with Crippen molar-refractivity contribution in [3.63, 3.8) is 0 Å². The molecule has 2 aliphatic heterocycles. The molecule has 10 heteroatoms. The number of hydrogen-bond acceptors (Lipinski definition) is 8. The van der Waals surface area contributed by atoms with Gasteiger partial charge in [-0.1, -0.05) is 0 Å². The SMILES string of the molecule is O=c1[nH]cnc2c1nc(N1CCCC1)n2[C@H]1O[C@@H](CO)[C@@H](O)[C@@H]1O. The zero-order valence-corrected chi connectivity index (χ0v) is 12.9. The quantitative estimate of drug-likeness (QED) is 0.522. The molecule has 0 aliphatic carbocycles. The van der Waals surface area contributed by atoms with E-state index in [9.17, 15) is 20.1 Å². The summed E-state index contributed by atoms with van der Waals surface area (Å²) >= 11 is 0. The van der Waals surface area contributed by atoms with Gasteiger partial charge in [0.25, 0.3) is 5.56 Å². The number of fused-ring (bicyclic) bond motifs is 1. The van der Waals surface area contributed by atoms with Crippen molar-refractivity contribution in [2.24, 2.45) is 0 Å². The predicted molar refractivity (Wildman–Crippen MR) is 82.6 cm³/mol. The number of nitrogens with one attached hydrogen (secondary N) is 1. The molecule has 10 nitrogen and oxygen atoms in total. The van der Waals surface area contributed by atoms with Crippen molar-refractivity contribution >= 4 is 17.1 Å². The van der Waals surface area contributed by atoms with E-state index >= 15 is 0 Å². The van der Waals surface area contributed by atoms with Gasteiger partial charge in [-0.3, -0.25) is 9.36 Å². The molecule has 2 aromatic heterocycles. The van der Waals surface area contributed by atoms with Crippen LogP contribution in [0.1, 0.15) is 19.1 Å². The molecule has 0 saturated carbocycles. The van der Waals surface area contributed by atoms with E-state index in [0.717, 1.165) is 25.9 Å². The number of rotatable bonds is 3. The largest absolute Gasteiger partial charge is 0.394 e. The number of ether oxygens (including phenoxy) is 1. The fourth-order valence-corrected chi connectivity index (χ4v) is 3.38. The highest BCUT2D eigenvalue weighted by Gasteiger charge is 2.45. The number of anilines is 1. The van der Waals surface area contributed by atoms with Gasteiger partial charge >= 0.3 is 0 Å². The number of H-pyrrole nitrogens is 1. The van der Waals surface area contributed by atoms with Crippen molar-refractivity contribution in [1.82, 2.24) is 19.5 Å². The smallest absolute Gasteiger partial charge is 0.278 e. The van der Waals surface area contributed by atoms with Gasteiger partial charge in [-0.25, -0.2) is 9.97 Å². The van der Waals surface area contributed by atoms with E-state index in [1.807, 2.05) is 4.90 Å². The summed E-state index contributed by atoms with van der Waals surface area (Å²) < 4.78 is 7.16. The summed E-state index contributed by atoms with van der Waals surface area (Å²) in [5.41, 5.74) is 0.0403. The number of imidazole rings is 1. The number of aliphatic hydroxyl groups excluding tert-OH is 3. The van der Waals surface area contributed by atoms with Gasteiger partial charge in [0.1, 0.15) is 18.3 Å². The van der Waals surface area contributed by atoms with Crippen LogP contribution in [0.15, 0.2) is 11.1 Å². The molecule has 130 valence electrons. The molecule has 24 heavy (non-hydrogen) atoms. The van der Waals surface area contributed by atoms with Crippen molar-refractivity contribution in [1.29, 1.82) is 0 Å². The van der Waals surface area contributed by atoms with E-state index in [-0.39, 0.29) is 16.7 Å². The van der Waals surface area contributed by atoms with Crippen molar-refractivity contribution in [3.8, 4) is 0 Å². The fraction of sp³-hybridized carbons (Fsp3) is 0.643. The third kappa shape index (κ3) is 2.22. The standard InChI is InChI=1S/C14H19N5O5/c20-5-7-9(21)10(22)13(24-7)19-11-8(12(23)16-6-15-11)17-14(19)18-3-1-2-4-18/h6-7,9-10,13,20-22H,1-5H2,(H,15,16,23)/t7-,9+,10-,13-/m0/s1. The maximum absolute atomic E-state index is 12.1. The van der Waals surface area contributed by atoms with Crippen LogP contribution in [0, 0.1) is 0 Å². The van der Waals surface area contributed by atoms with Crippen molar-refractivity contribution < 1.29 is 20.1 Å². The van der Waals surface area contributed by atoms with Crippen LogP contribution < -0.4 is 10.5 Å². The molecule has 2 fully saturated rings. The summed E-state index contributed by atoms with van der Waals surface area (Å²) in [4.78, 5) is 25.1. The Bertz CT molecular complexity index is 798. The van der Waals surface area contributed by atoms with Crippen LogP contribution in [0.4, 0.5) is 5.95 Å². The van der Waals surface area contributed by atoms with Crippen molar-refractivity contribution in [2.45, 2.75) is 37.4 Å². The Hall–Kier alpha value is -2.01. The van der Waals surface area contributed by atoms with E-state index < -0.39 is 31.1 Å². The number of aliphatic hydroxyl groups is 3. The minimum atomic E-state index is -1.26. The third-order valence-electron chi connectivity index (χ3n) is 4.63. The van der Waals surface area contributed by atoms with Crippen LogP contribution in [0.3, 0.4) is 0 Å². The monoisotopic (exact) mass is 337 g/mol. The first-order valence-electron chi connectivity index (χ1n) is 7.95. The summed E-state index contributed by atoms with van der Waals surface area (Å²) in [5.74, 6) is 0.474. The summed E-state index contributed by atoms with van der Waals surface area (Å²) in [6.45, 7) is 1.13. The highest BCUT2D eigenvalue weighted by molar-refractivity contribution is 5.74. The van der Waals surface area contributed by atoms with Gasteiger partial charge in [0.15, 0.2) is 17.4 Å². The lowest BCUT2D eigenvalue weighted by Crippen LogP contribution is -2.34. The van der Waals surface area contributed by atoms with Crippen molar-refractivity contribution in [2.75, 3.05) is 24.6 Å². The molecule has 4 atom stereocenters. The summed E-state index contributed by atoms with van der Waals surface area (Å²) in [7, 11) is 0. The first-order valence-corrected chi connectivity index (χ1v) is 7.95. The predicted octanol–water partition coefficient (Wildman–Crippen LogP) is -1.67. The second-order valence-electron chi connectivity index (χ2n) is 6.11. The molecule has 4 heterocycles. The van der Waals surface area contributed by atoms with Crippen LogP contribution in [0.2, 0.25) is 0 Å². The van der Waals surface area contributed by atoms with Crippen LogP contribution in [0.5, 0.6) is 0 Å². The number of aromatic nitrogens is 4. The molecule has 2 saturated heterocycles. The Kier molecular flexibility index (Phi) is 3.76. The van der Waals surface area contributed by atoms with E-state index in [2.05, 4.69) is 15.0 Å². The third-order valence-corrected chi connectivity index (χ3v) is 4.63. The Morgan fingerprint density at radius 3 is 2.71 bits per heavy atom. The highest BCUT2D eigenvalue weighted by Crippen LogP contribution is 2.35. The van der Waals surface area contributed by atoms with Crippen molar-refractivity contribution in [3.05, 3.63) is 16.7 Å². The summed E-state index contributed by atoms with van der Waals surface area (Å²) in [6.07, 6.45) is -1.11. The van der Waals surface area contributed by atoms with Gasteiger partial charge in [-0.2, -0.15) is 0 Å². The molecular formula is C14H19N5O5. The topological polar surface area (TPSA) is 137 Å². The Labute approximate surface area is 136 Å². The molecule has 4 N–H and O–H groups in total. The molecule has 2 aromatic rings. The first-order chi connectivity index (χ1) is 11.6. The minimum Gasteiger partial charge on any atom is -0.394 e. The maximum Gasteiger partial charge on any atom is 0.278 e. The van der Waals surface area contributed by atoms with E-state index in [0.29, 0.717) is 5.95 Å². The molecule has 0 spiro atoms. The second-order valence-corrected chi connectivity index (χ2v) is 6.11. The molecule has 4 rings (SSSR count). The van der Waals surface area contributed by atoms with Gasteiger partial charge in [0, 0.05) is 13.1 Å². The number of aromatic amines is 1. The normalized spacial score (nSPS) is 30.5. The zero-order chi connectivity index (χ0) is 16.8. The molecular weight excluding hydrogens is 318 g/mol. The fourth-order valence-electron chi connectivity index (χ4n) is 3.38. The number of hydrogen-bond donors (Lipinski definition) is 4. The van der Waals surface area contributed by atoms with E-state index in [4.69, 9.17) is 4.74 Å². The first kappa shape index (κ1) is 15.5. The summed E-state index contributed by atoms with van der Waals surface area (Å²) in [5, 5.41) is 29.7. The average molecular weight is 337 g/mol. The molecule has 0 bridgehead atoms. The molecule has 0 aromatic carbocycles. The lowest BCUT2D eigenvalue weighted by Gasteiger charge is -2.23. The Balaban J connectivity index is 1.88. The van der Waals surface area contributed by atoms with E-state index in [1.165, 1.54) is 6.33 Å². The lowest BCUT2D eigenvalue weighted by molar-refractivity contribution is -0.0504. The minimum absolute atomic E-state index is 0.150. The molecule has 0 unspecified atom stereocenters. The van der Waals surface area contributed by atoms with Gasteiger partial charge < -0.3 is 29.9 Å². The van der Waals surface area contributed by atoms with Crippen LogP contribution in [-0.2, 0) is 4.74 Å². The maximum atomic E-state index is 12.1. The highest BCUT2D eigenvalue weighted by atomic mass is 16.6. The second kappa shape index (κ2) is 5.81. The Morgan fingerprint density at radius 2 is 2.04 bits per heavy atom. The summed E-state index contributed by atoms with van der Waals surface area (Å²) in [6, 6.07) is 0. The van der Waals surface area contributed by atoms with Gasteiger partial charge in [0.2, 0.25) is 5.95 Å². The lowest BCUT2D eigenvalue weighted by atomic mass is 10.1. The van der Waals surface area contributed by atoms with Crippen LogP contribution in [-0.4, -0.2) is 72.8 Å². The van der Waals surface area contributed by atoms with E-state index in [1.54, 1.807) is 4.57 Å². The Morgan fingerprint density at radius 1 is 1.29 bits per heavy atom. The molecule has 0 amide bonds. The number of nitrogens with zero attached hydrogens (tertiary/aromatic N) is 4. The van der Waals surface area contributed by atoms with Crippen LogP contribution in [0.25, 0.3) is 11.2 Å².